The van der Waals surface area contributed by atoms with Gasteiger partial charge in [0.1, 0.15) is 78.2 Å². The zero-order valence-electron chi connectivity index (χ0n) is 81.7. The number of nitrogens with zero attached hydrogens (tertiary/aromatic N) is 7. The van der Waals surface area contributed by atoms with E-state index in [9.17, 15) is 72.5 Å². The lowest BCUT2D eigenvalue weighted by Gasteiger charge is -2.59. The second-order valence-corrected chi connectivity index (χ2v) is 39.6. The average molecular weight is 1820 g/mol. The van der Waals surface area contributed by atoms with Crippen molar-refractivity contribution in [3.05, 3.63) is 36.0 Å². The molecule has 0 bridgehead atoms. The van der Waals surface area contributed by atoms with Crippen LogP contribution in [0.25, 0.3) is 0 Å². The summed E-state index contributed by atoms with van der Waals surface area (Å²) in [5, 5.41) is 37.7. The number of amides is 12. The number of allylic oxidation sites excluding steroid dienone is 6. The number of hydrogen-bond donors (Lipinski definition) is 7. The number of aliphatic hydroxyl groups excluding tert-OH is 1. The Morgan fingerprint density at radius 2 is 1.12 bits per heavy atom. The molecule has 0 radical (unpaired) electrons. The maximum absolute atomic E-state index is 15.9. The Morgan fingerprint density at radius 3 is 1.66 bits per heavy atom. The lowest BCUT2D eigenvalue weighted by Crippen LogP contribution is -2.64. The molecule has 4 aliphatic carbocycles. The third-order valence-electron chi connectivity index (χ3n) is 26.9. The van der Waals surface area contributed by atoms with E-state index in [1.165, 1.54) is 84.0 Å². The number of ether oxygens (including phenoxy) is 4. The third kappa shape index (κ3) is 27.0. The highest BCUT2D eigenvalue weighted by molar-refractivity contribution is 6.02. The first-order valence-electron chi connectivity index (χ1n) is 45.9. The number of likely N-dealkylation sites (N-methyl/N-ethyl adjacent to an activating group) is 7. The predicted molar refractivity (Wildman–Crippen MR) is 480 cm³/mol. The maximum atomic E-state index is 15.9. The number of esters is 2. The molecule has 0 aromatic rings. The number of rotatable bonds is 27. The van der Waals surface area contributed by atoms with E-state index < -0.39 is 246 Å². The van der Waals surface area contributed by atoms with Crippen molar-refractivity contribution in [3.8, 4) is 0 Å². The second-order valence-electron chi connectivity index (χ2n) is 39.6. The molecule has 20 atom stereocenters. The topological polar surface area (TPSA) is 450 Å². The summed E-state index contributed by atoms with van der Waals surface area (Å²) in [6, 6.07) is -15.2. The van der Waals surface area contributed by atoms with Gasteiger partial charge < -0.3 is 90.0 Å². The smallest absolute Gasteiger partial charge is 0.456 e. The van der Waals surface area contributed by atoms with Gasteiger partial charge in [0.25, 0.3) is 0 Å². The number of carbonyl (C=O) groups is 17. The first-order valence-corrected chi connectivity index (χ1v) is 45.9. The molecule has 4 fully saturated rings. The molecule has 1 heterocycles. The SMILES string of the molecule is C/C=C/C[C@@H](C)C(OC(=O)OCOC(=O)CCC(=O)NC(C(=O)OCC(=O)[C@@]1(O)CCC2C3CCC4=CC(=O)C=C[C@]4(C)C3[C@@H](O)C[C@@]21C)C(C)C)[C@@H]1C(=O)N[C@H](CC)C(=O)N(C)CC(=O)N(C)[C@@H](CC(C)C)C(=O)NC(C(C)C)C(=O)N(C)[C@H](CC(C)C)C(=O)NC(C)C(=O)NC(C)C(=O)N(C)C(CC(C)C)C(=O)N(C)[C@H](CC(C)C)C(=O)N(C)C(C(C)C)C(=O)N1C. The number of aliphatic hydroxyl groups is 2. The molecule has 7 N–H and O–H groups in total. The highest BCUT2D eigenvalue weighted by Gasteiger charge is 2.68. The molecule has 3 saturated carbocycles. The van der Waals surface area contributed by atoms with Crippen molar-refractivity contribution in [2.75, 3.05) is 69.3 Å². The summed E-state index contributed by atoms with van der Waals surface area (Å²) in [7, 11) is 9.42. The zero-order chi connectivity index (χ0) is 98.0. The van der Waals surface area contributed by atoms with Gasteiger partial charge in [-0.15, -0.1) is 0 Å². The quantitative estimate of drug-likeness (QED) is 0.0215. The van der Waals surface area contributed by atoms with E-state index in [1.807, 2.05) is 68.4 Å². The molecule has 35 heteroatoms. The summed E-state index contributed by atoms with van der Waals surface area (Å²) in [4.78, 5) is 254. The van der Waals surface area contributed by atoms with Crippen LogP contribution in [-0.2, 0) is 95.7 Å². The molecular weight excluding hydrogens is 1670 g/mol. The van der Waals surface area contributed by atoms with Crippen LogP contribution < -0.4 is 26.6 Å². The van der Waals surface area contributed by atoms with E-state index in [0.29, 0.717) is 19.3 Å². The van der Waals surface area contributed by atoms with Crippen molar-refractivity contribution in [2.24, 2.45) is 75.9 Å². The minimum absolute atomic E-state index is 0.0205. The van der Waals surface area contributed by atoms with Gasteiger partial charge in [-0.2, -0.15) is 0 Å². The Balaban J connectivity index is 1.49. The molecule has 5 aliphatic rings. The van der Waals surface area contributed by atoms with Crippen LogP contribution in [0, 0.1) is 75.9 Å². The molecular formula is C94H152N12O23. The molecule has 5 rings (SSSR count). The van der Waals surface area contributed by atoms with Crippen molar-refractivity contribution in [1.29, 1.82) is 0 Å². The molecule has 1 saturated heterocycles. The molecule has 0 aromatic heterocycles. The molecule has 129 heavy (non-hydrogen) atoms. The number of fused-ring (bicyclic) bond motifs is 5. The zero-order valence-corrected chi connectivity index (χ0v) is 81.7. The largest absolute Gasteiger partial charge is 0.511 e. The standard InChI is InChI=1S/C94H152N12O23/c1-29-31-32-57(17)79(129-91(124)128-49-127-73(112)36-35-71(110)98-76(55(13)14)90(123)126-48-70(109)94(125)40-38-63-62-34-33-60-45-61(107)37-39-92(60,20)74(62)69(108)46-93(63,94)21)78-83(116)97-64(30-2)85(118)100(22)47-72(111)101(23)65(41-50(3)4)82(115)99-75(54(11)12)88(121)102(24)66(42-51(5)6)81(114)95-58(18)80(113)96-59(19)84(117)103(25)67(43-52(7)8)86(119)104(26)68(44-53(9)10)87(120)105(27)77(56(15)16)89(122)106(78)28/h29,31,37,39,45,50-59,62-69,74-79,108,125H,30,32-36,38,40-44,46-49H2,1-28H3,(H,95,114)(H,96,113)(H,97,116)(H,98,110)(H,99,115)/b31-29+/t57-,58?,59?,62?,63?,64-,65+,66-,67?,68-,69+,74?,75?,76?,77?,78-,79?,92+,93+,94+/m1/s1. The fraction of sp³-hybridized carbons (Fsp3) is 0.755. The van der Waals surface area contributed by atoms with Crippen LogP contribution in [0.5, 0.6) is 0 Å². The average Bonchev–Trinajstić information content (AvgIpc) is 1.58. The number of carbonyl (C=O) groups excluding carboxylic acids is 17. The van der Waals surface area contributed by atoms with E-state index in [0.717, 1.165) is 25.2 Å². The Morgan fingerprint density at radius 1 is 0.589 bits per heavy atom. The van der Waals surface area contributed by atoms with Gasteiger partial charge in [-0.3, -0.25) is 71.9 Å². The predicted octanol–water partition coefficient (Wildman–Crippen LogP) is 5.97. The molecule has 0 aromatic carbocycles. The van der Waals surface area contributed by atoms with Crippen LogP contribution in [0.1, 0.15) is 229 Å². The van der Waals surface area contributed by atoms with Crippen molar-refractivity contribution >= 4 is 101 Å². The van der Waals surface area contributed by atoms with Crippen LogP contribution in [0.3, 0.4) is 0 Å². The summed E-state index contributed by atoms with van der Waals surface area (Å²) in [5.41, 5.74) is -2.70. The van der Waals surface area contributed by atoms with Gasteiger partial charge in [0, 0.05) is 72.5 Å². The Hall–Kier alpha value is -9.67. The van der Waals surface area contributed by atoms with Crippen LogP contribution >= 0.6 is 0 Å². The maximum Gasteiger partial charge on any atom is 0.511 e. The minimum Gasteiger partial charge on any atom is -0.456 e. The molecule has 10 unspecified atom stereocenters. The van der Waals surface area contributed by atoms with Crippen LogP contribution in [0.4, 0.5) is 4.79 Å². The van der Waals surface area contributed by atoms with Gasteiger partial charge in [-0.1, -0.05) is 148 Å². The second kappa shape index (κ2) is 47.4. The monoisotopic (exact) mass is 1820 g/mol. The summed E-state index contributed by atoms with van der Waals surface area (Å²) < 4.78 is 22.2. The number of nitrogens with one attached hydrogen (secondary N) is 5. The van der Waals surface area contributed by atoms with E-state index >= 15 is 19.2 Å². The summed E-state index contributed by atoms with van der Waals surface area (Å²) in [5.74, 6) is -16.8. The molecule has 1 aliphatic heterocycles. The minimum atomic E-state index is -1.97. The van der Waals surface area contributed by atoms with Crippen molar-refractivity contribution in [1.82, 2.24) is 60.9 Å². The van der Waals surface area contributed by atoms with Crippen LogP contribution in [0.2, 0.25) is 0 Å². The fourth-order valence-electron chi connectivity index (χ4n) is 19.3. The summed E-state index contributed by atoms with van der Waals surface area (Å²) >= 11 is 0. The Kier molecular flexibility index (Phi) is 40.4. The van der Waals surface area contributed by atoms with Gasteiger partial charge in [-0.25, -0.2) is 9.59 Å². The van der Waals surface area contributed by atoms with Crippen molar-refractivity contribution in [3.63, 3.8) is 0 Å². The Labute approximate surface area is 762 Å². The van der Waals surface area contributed by atoms with E-state index in [2.05, 4.69) is 26.6 Å². The summed E-state index contributed by atoms with van der Waals surface area (Å²) in [6.07, 6.45) is 4.97. The fourth-order valence-corrected chi connectivity index (χ4v) is 19.3. The lowest BCUT2D eigenvalue weighted by atomic mass is 9.46. The molecule has 0 spiro atoms. The van der Waals surface area contributed by atoms with Crippen LogP contribution in [-0.4, -0.2) is 299 Å². The van der Waals surface area contributed by atoms with E-state index in [-0.39, 0.29) is 98.6 Å². The number of Topliss-reactive ketones (excluding diaryl/α,β-unsaturated/α-hetero) is 1. The van der Waals surface area contributed by atoms with Gasteiger partial charge in [0.05, 0.1) is 19.1 Å². The van der Waals surface area contributed by atoms with Crippen molar-refractivity contribution < 1.29 is 111 Å². The first kappa shape index (κ1) is 110. The highest BCUT2D eigenvalue weighted by atomic mass is 16.8. The Bertz CT molecular complexity index is 4140. The van der Waals surface area contributed by atoms with Crippen LogP contribution in [0.15, 0.2) is 36.0 Å². The number of hydrogen-bond acceptors (Lipinski definition) is 23. The highest BCUT2D eigenvalue weighted by Crippen LogP contribution is 2.67. The molecule has 35 nitrogen and oxygen atoms in total. The van der Waals surface area contributed by atoms with Gasteiger partial charge >= 0.3 is 18.1 Å². The molecule has 12 amide bonds. The van der Waals surface area contributed by atoms with Gasteiger partial charge in [0.2, 0.25) is 83.5 Å². The first-order chi connectivity index (χ1) is 59.9. The molecule has 726 valence electrons. The third-order valence-corrected chi connectivity index (χ3v) is 26.9. The van der Waals surface area contributed by atoms with E-state index in [4.69, 9.17) is 18.9 Å². The van der Waals surface area contributed by atoms with Gasteiger partial charge in [-0.05, 0) is 163 Å². The number of ketones is 2. The van der Waals surface area contributed by atoms with Gasteiger partial charge in [0.15, 0.2) is 12.4 Å². The van der Waals surface area contributed by atoms with E-state index in [1.54, 1.807) is 87.5 Å². The normalized spacial score (nSPS) is 29.6. The summed E-state index contributed by atoms with van der Waals surface area (Å²) in [6.45, 7) is 33.2. The van der Waals surface area contributed by atoms with Crippen molar-refractivity contribution in [2.45, 2.75) is 313 Å². The lowest BCUT2D eigenvalue weighted by molar-refractivity contribution is -0.181.